The van der Waals surface area contributed by atoms with Gasteiger partial charge in [-0.05, 0) is 42.1 Å². The minimum absolute atomic E-state index is 0.0419. The summed E-state index contributed by atoms with van der Waals surface area (Å²) in [6.45, 7) is 0. The van der Waals surface area contributed by atoms with Crippen molar-refractivity contribution < 1.29 is 26.3 Å². The summed E-state index contributed by atoms with van der Waals surface area (Å²) in [6.07, 6.45) is 2.21. The number of aromatic nitrogens is 1. The summed E-state index contributed by atoms with van der Waals surface area (Å²) >= 11 is -0.217. The SMILES string of the molecule is CS(=O)(=O)c1ccc(Oc2ccc(SC(F)(F)F)cc2)nc1. The van der Waals surface area contributed by atoms with Gasteiger partial charge in [-0.25, -0.2) is 13.4 Å². The predicted octanol–water partition coefficient (Wildman–Crippen LogP) is 3.89. The molecule has 0 amide bonds. The number of nitrogens with zero attached hydrogens (tertiary/aromatic N) is 1. The molecule has 2 rings (SSSR count). The van der Waals surface area contributed by atoms with Crippen molar-refractivity contribution in [2.75, 3.05) is 6.26 Å². The van der Waals surface area contributed by atoms with Gasteiger partial charge < -0.3 is 4.74 Å². The van der Waals surface area contributed by atoms with Gasteiger partial charge in [0.15, 0.2) is 9.84 Å². The van der Waals surface area contributed by atoms with Crippen LogP contribution in [0.5, 0.6) is 11.6 Å². The largest absolute Gasteiger partial charge is 0.446 e. The van der Waals surface area contributed by atoms with Crippen molar-refractivity contribution in [1.29, 1.82) is 0 Å². The number of thioether (sulfide) groups is 1. The second-order valence-corrected chi connectivity index (χ2v) is 7.38. The third-order valence-corrected chi connectivity index (χ3v) is 4.25. The molecule has 0 saturated heterocycles. The standard InChI is InChI=1S/C13H10F3NO3S2/c1-22(18,19)11-6-7-12(17-8-11)20-9-2-4-10(5-3-9)21-13(14,15)16/h2-8H,1H3. The molecule has 1 aromatic carbocycles. The Bertz CT molecular complexity index is 742. The van der Waals surface area contributed by atoms with E-state index in [1.807, 2.05) is 0 Å². The van der Waals surface area contributed by atoms with E-state index >= 15 is 0 Å². The molecule has 0 N–H and O–H groups in total. The highest BCUT2D eigenvalue weighted by Crippen LogP contribution is 2.37. The molecule has 0 atom stereocenters. The van der Waals surface area contributed by atoms with Crippen LogP contribution in [0, 0.1) is 0 Å². The van der Waals surface area contributed by atoms with E-state index in [1.54, 1.807) is 0 Å². The summed E-state index contributed by atoms with van der Waals surface area (Å²) in [6, 6.07) is 8.01. The molecule has 0 aliphatic carbocycles. The zero-order chi connectivity index (χ0) is 16.4. The lowest BCUT2D eigenvalue weighted by Gasteiger charge is -2.08. The summed E-state index contributed by atoms with van der Waals surface area (Å²) in [7, 11) is -3.34. The Labute approximate surface area is 129 Å². The molecule has 22 heavy (non-hydrogen) atoms. The van der Waals surface area contributed by atoms with E-state index in [0.717, 1.165) is 12.5 Å². The number of hydrogen-bond acceptors (Lipinski definition) is 5. The molecule has 0 spiro atoms. The maximum absolute atomic E-state index is 12.2. The van der Waals surface area contributed by atoms with Crippen molar-refractivity contribution in [3.63, 3.8) is 0 Å². The summed E-state index contributed by atoms with van der Waals surface area (Å²) < 4.78 is 64.5. The van der Waals surface area contributed by atoms with E-state index in [1.165, 1.54) is 36.4 Å². The molecule has 4 nitrogen and oxygen atoms in total. The number of alkyl halides is 3. The minimum atomic E-state index is -4.34. The van der Waals surface area contributed by atoms with Crippen LogP contribution in [0.4, 0.5) is 13.2 Å². The Morgan fingerprint density at radius 2 is 1.73 bits per heavy atom. The number of pyridine rings is 1. The van der Waals surface area contributed by atoms with E-state index in [9.17, 15) is 21.6 Å². The highest BCUT2D eigenvalue weighted by molar-refractivity contribution is 8.00. The van der Waals surface area contributed by atoms with E-state index in [-0.39, 0.29) is 27.4 Å². The van der Waals surface area contributed by atoms with Crippen LogP contribution in [0.15, 0.2) is 52.4 Å². The van der Waals surface area contributed by atoms with Crippen LogP contribution < -0.4 is 4.74 Å². The molecule has 0 saturated carbocycles. The molecule has 0 aliphatic rings. The number of benzene rings is 1. The quantitative estimate of drug-likeness (QED) is 0.784. The average Bonchev–Trinajstić information content (AvgIpc) is 2.39. The Morgan fingerprint density at radius 3 is 2.18 bits per heavy atom. The maximum Gasteiger partial charge on any atom is 0.446 e. The van der Waals surface area contributed by atoms with E-state index in [2.05, 4.69) is 4.98 Å². The lowest BCUT2D eigenvalue weighted by Crippen LogP contribution is -1.99. The van der Waals surface area contributed by atoms with Crippen LogP contribution >= 0.6 is 11.8 Å². The lowest BCUT2D eigenvalue weighted by atomic mass is 10.3. The van der Waals surface area contributed by atoms with Crippen molar-refractivity contribution in [2.24, 2.45) is 0 Å². The van der Waals surface area contributed by atoms with Crippen molar-refractivity contribution in [2.45, 2.75) is 15.3 Å². The summed E-state index contributed by atoms with van der Waals surface area (Å²) in [5, 5.41) is 0. The normalized spacial score (nSPS) is 12.2. The molecule has 118 valence electrons. The zero-order valence-corrected chi connectivity index (χ0v) is 12.8. The molecule has 1 heterocycles. The highest BCUT2D eigenvalue weighted by atomic mass is 32.2. The second kappa shape index (κ2) is 6.17. The molecule has 0 radical (unpaired) electrons. The zero-order valence-electron chi connectivity index (χ0n) is 11.2. The number of halogens is 3. The molecule has 0 aliphatic heterocycles. The third kappa shape index (κ3) is 4.92. The predicted molar refractivity (Wildman–Crippen MR) is 75.8 cm³/mol. The topological polar surface area (TPSA) is 56.3 Å². The molecular formula is C13H10F3NO3S2. The number of hydrogen-bond donors (Lipinski definition) is 0. The first-order chi connectivity index (χ1) is 10.1. The monoisotopic (exact) mass is 349 g/mol. The van der Waals surface area contributed by atoms with Crippen LogP contribution in [0.1, 0.15) is 0 Å². The summed E-state index contributed by atoms with van der Waals surface area (Å²) in [5.41, 5.74) is -4.34. The van der Waals surface area contributed by atoms with Crippen LogP contribution in [-0.4, -0.2) is 25.2 Å². The van der Waals surface area contributed by atoms with Crippen molar-refractivity contribution in [3.05, 3.63) is 42.6 Å². The molecule has 0 bridgehead atoms. The fraction of sp³-hybridized carbons (Fsp3) is 0.154. The number of sulfone groups is 1. The summed E-state index contributed by atoms with van der Waals surface area (Å²) in [4.78, 5) is 3.93. The first-order valence-electron chi connectivity index (χ1n) is 5.83. The molecule has 1 aromatic heterocycles. The fourth-order valence-electron chi connectivity index (χ4n) is 1.48. The Kier molecular flexibility index (Phi) is 4.66. The first-order valence-corrected chi connectivity index (χ1v) is 8.54. The van der Waals surface area contributed by atoms with Gasteiger partial charge in [-0.3, -0.25) is 0 Å². The van der Waals surface area contributed by atoms with Crippen LogP contribution in [0.3, 0.4) is 0 Å². The van der Waals surface area contributed by atoms with Crippen molar-refractivity contribution >= 4 is 21.6 Å². The van der Waals surface area contributed by atoms with E-state index < -0.39 is 15.3 Å². The van der Waals surface area contributed by atoms with Crippen molar-refractivity contribution in [1.82, 2.24) is 4.98 Å². The van der Waals surface area contributed by atoms with Gasteiger partial charge in [-0.15, -0.1) is 0 Å². The molecule has 0 unspecified atom stereocenters. The van der Waals surface area contributed by atoms with Crippen LogP contribution in [-0.2, 0) is 9.84 Å². The first kappa shape index (κ1) is 16.6. The molecule has 0 fully saturated rings. The smallest absolute Gasteiger partial charge is 0.439 e. The van der Waals surface area contributed by atoms with Gasteiger partial charge in [0.1, 0.15) is 5.75 Å². The van der Waals surface area contributed by atoms with Gasteiger partial charge in [0.2, 0.25) is 5.88 Å². The van der Waals surface area contributed by atoms with E-state index in [0.29, 0.717) is 5.75 Å². The Hall–Kier alpha value is -1.74. The van der Waals surface area contributed by atoms with Gasteiger partial charge in [0, 0.05) is 23.4 Å². The number of rotatable bonds is 4. The fourth-order valence-corrected chi connectivity index (χ4v) is 2.58. The second-order valence-electron chi connectivity index (χ2n) is 4.23. The van der Waals surface area contributed by atoms with Crippen LogP contribution in [0.25, 0.3) is 0 Å². The molecule has 2 aromatic rings. The minimum Gasteiger partial charge on any atom is -0.439 e. The number of ether oxygens (including phenoxy) is 1. The van der Waals surface area contributed by atoms with Gasteiger partial charge >= 0.3 is 5.51 Å². The average molecular weight is 349 g/mol. The van der Waals surface area contributed by atoms with Gasteiger partial charge in [0.05, 0.1) is 4.90 Å². The van der Waals surface area contributed by atoms with Gasteiger partial charge in [0.25, 0.3) is 0 Å². The van der Waals surface area contributed by atoms with E-state index in [4.69, 9.17) is 4.74 Å². The van der Waals surface area contributed by atoms with Crippen molar-refractivity contribution in [3.8, 4) is 11.6 Å². The summed E-state index contributed by atoms with van der Waals surface area (Å²) in [5.74, 6) is 0.440. The third-order valence-electron chi connectivity index (χ3n) is 2.42. The Balaban J connectivity index is 2.08. The van der Waals surface area contributed by atoms with Crippen LogP contribution in [0.2, 0.25) is 0 Å². The molecular weight excluding hydrogens is 339 g/mol. The maximum atomic E-state index is 12.2. The molecule has 9 heteroatoms. The highest BCUT2D eigenvalue weighted by Gasteiger charge is 2.29. The Morgan fingerprint density at radius 1 is 1.09 bits per heavy atom. The van der Waals surface area contributed by atoms with Gasteiger partial charge in [-0.1, -0.05) is 0 Å². The lowest BCUT2D eigenvalue weighted by molar-refractivity contribution is -0.0328. The van der Waals surface area contributed by atoms with Gasteiger partial charge in [-0.2, -0.15) is 13.2 Å².